The minimum atomic E-state index is -0.583. The van der Waals surface area contributed by atoms with Crippen LogP contribution in [0.4, 0.5) is 4.39 Å². The van der Waals surface area contributed by atoms with Gasteiger partial charge in [0.05, 0.1) is 13.2 Å². The second kappa shape index (κ2) is 4.38. The molecule has 0 unspecified atom stereocenters. The van der Waals surface area contributed by atoms with E-state index in [0.29, 0.717) is 18.8 Å². The van der Waals surface area contributed by atoms with Crippen LogP contribution in [-0.2, 0) is 9.47 Å². The van der Waals surface area contributed by atoms with Crippen molar-refractivity contribution in [1.29, 1.82) is 0 Å². The molecule has 0 aromatic heterocycles. The first-order valence-corrected chi connectivity index (χ1v) is 5.23. The van der Waals surface area contributed by atoms with E-state index < -0.39 is 6.17 Å². The summed E-state index contributed by atoms with van der Waals surface area (Å²) in [6.07, 6.45) is 3.59. The summed E-state index contributed by atoms with van der Waals surface area (Å²) in [6, 6.07) is 0. The zero-order chi connectivity index (χ0) is 9.10. The molecule has 1 aliphatic heterocycles. The molecule has 0 spiro atoms. The molecule has 2 fully saturated rings. The van der Waals surface area contributed by atoms with Gasteiger partial charge in [-0.15, -0.1) is 0 Å². The highest BCUT2D eigenvalue weighted by atomic mass is 19.1. The molecule has 2 rings (SSSR count). The van der Waals surface area contributed by atoms with Crippen LogP contribution >= 0.6 is 0 Å². The van der Waals surface area contributed by atoms with Crippen molar-refractivity contribution in [3.8, 4) is 0 Å². The van der Waals surface area contributed by atoms with Crippen LogP contribution in [0.15, 0.2) is 0 Å². The molecule has 0 aromatic rings. The average Bonchev–Trinajstić information content (AvgIpc) is 2.20. The Morgan fingerprint density at radius 1 is 0.923 bits per heavy atom. The van der Waals surface area contributed by atoms with Gasteiger partial charge in [-0.1, -0.05) is 0 Å². The largest absolute Gasteiger partial charge is 0.352 e. The van der Waals surface area contributed by atoms with Crippen molar-refractivity contribution in [2.24, 2.45) is 5.92 Å². The predicted molar refractivity (Wildman–Crippen MR) is 47.2 cm³/mol. The van der Waals surface area contributed by atoms with Gasteiger partial charge in [0.2, 0.25) is 0 Å². The highest BCUT2D eigenvalue weighted by Crippen LogP contribution is 2.31. The summed E-state index contributed by atoms with van der Waals surface area (Å²) in [7, 11) is 0. The fraction of sp³-hybridized carbons (Fsp3) is 1.00. The third-order valence-corrected chi connectivity index (χ3v) is 2.94. The Kier molecular flexibility index (Phi) is 3.17. The predicted octanol–water partition coefficient (Wildman–Crippen LogP) is 2.28. The molecule has 3 heteroatoms. The highest BCUT2D eigenvalue weighted by molar-refractivity contribution is 4.75. The summed E-state index contributed by atoms with van der Waals surface area (Å²) >= 11 is 0. The van der Waals surface area contributed by atoms with Crippen LogP contribution in [-0.4, -0.2) is 25.7 Å². The highest BCUT2D eigenvalue weighted by Gasteiger charge is 2.29. The fourth-order valence-electron chi connectivity index (χ4n) is 2.13. The van der Waals surface area contributed by atoms with Gasteiger partial charge in [-0.3, -0.25) is 0 Å². The zero-order valence-electron chi connectivity index (χ0n) is 7.88. The lowest BCUT2D eigenvalue weighted by Crippen LogP contribution is -2.34. The van der Waals surface area contributed by atoms with Gasteiger partial charge in [-0.25, -0.2) is 4.39 Å². The van der Waals surface area contributed by atoms with Crippen molar-refractivity contribution in [2.45, 2.75) is 44.6 Å². The Balaban J connectivity index is 1.79. The van der Waals surface area contributed by atoms with E-state index in [0.717, 1.165) is 32.5 Å². The molecule has 2 nitrogen and oxygen atoms in total. The second-order valence-electron chi connectivity index (χ2n) is 3.98. The van der Waals surface area contributed by atoms with Gasteiger partial charge in [0.15, 0.2) is 6.29 Å². The van der Waals surface area contributed by atoms with Crippen molar-refractivity contribution in [3.63, 3.8) is 0 Å². The van der Waals surface area contributed by atoms with Crippen molar-refractivity contribution < 1.29 is 13.9 Å². The maximum atomic E-state index is 12.8. The summed E-state index contributed by atoms with van der Waals surface area (Å²) in [6.45, 7) is 1.61. The van der Waals surface area contributed by atoms with Crippen molar-refractivity contribution >= 4 is 0 Å². The maximum Gasteiger partial charge on any atom is 0.160 e. The normalized spacial score (nSPS) is 37.6. The lowest BCUT2D eigenvalue weighted by atomic mass is 9.87. The molecule has 76 valence electrons. The van der Waals surface area contributed by atoms with Gasteiger partial charge in [0.25, 0.3) is 0 Å². The summed E-state index contributed by atoms with van der Waals surface area (Å²) in [5, 5.41) is 0. The summed E-state index contributed by atoms with van der Waals surface area (Å²) in [5.74, 6) is 0.437. The number of ether oxygens (including phenoxy) is 2. The molecule has 0 aromatic carbocycles. The smallest absolute Gasteiger partial charge is 0.160 e. The van der Waals surface area contributed by atoms with Gasteiger partial charge in [-0.05, 0) is 32.1 Å². The number of hydrogen-bond acceptors (Lipinski definition) is 2. The Hall–Kier alpha value is -0.150. The van der Waals surface area contributed by atoms with Crippen LogP contribution in [0.2, 0.25) is 0 Å². The molecule has 0 radical (unpaired) electrons. The standard InChI is InChI=1S/C10H17FO2/c11-9-4-2-8(3-5-9)10-12-6-1-7-13-10/h8-10H,1-7H2. The molecular weight excluding hydrogens is 171 g/mol. The van der Waals surface area contributed by atoms with Crippen LogP contribution in [0.1, 0.15) is 32.1 Å². The number of hydrogen-bond donors (Lipinski definition) is 0. The molecule has 1 heterocycles. The number of alkyl halides is 1. The average molecular weight is 188 g/mol. The van der Waals surface area contributed by atoms with Crippen LogP contribution in [0.25, 0.3) is 0 Å². The second-order valence-corrected chi connectivity index (χ2v) is 3.98. The van der Waals surface area contributed by atoms with Crippen LogP contribution < -0.4 is 0 Å². The summed E-state index contributed by atoms with van der Waals surface area (Å²) < 4.78 is 23.9. The quantitative estimate of drug-likeness (QED) is 0.628. The molecule has 1 aliphatic carbocycles. The molecule has 0 bridgehead atoms. The number of halogens is 1. The summed E-state index contributed by atoms with van der Waals surface area (Å²) in [5.41, 5.74) is 0. The van der Waals surface area contributed by atoms with Crippen molar-refractivity contribution in [1.82, 2.24) is 0 Å². The maximum absolute atomic E-state index is 12.8. The minimum Gasteiger partial charge on any atom is -0.352 e. The van der Waals surface area contributed by atoms with Gasteiger partial charge in [0.1, 0.15) is 6.17 Å². The van der Waals surface area contributed by atoms with Crippen molar-refractivity contribution in [2.75, 3.05) is 13.2 Å². The van der Waals surface area contributed by atoms with Gasteiger partial charge < -0.3 is 9.47 Å². The van der Waals surface area contributed by atoms with E-state index in [2.05, 4.69) is 0 Å². The van der Waals surface area contributed by atoms with Gasteiger partial charge in [-0.2, -0.15) is 0 Å². The van der Waals surface area contributed by atoms with Gasteiger partial charge >= 0.3 is 0 Å². The molecule has 1 saturated heterocycles. The zero-order valence-corrected chi connectivity index (χ0v) is 7.88. The van der Waals surface area contributed by atoms with E-state index in [-0.39, 0.29) is 6.29 Å². The third-order valence-electron chi connectivity index (χ3n) is 2.94. The Bertz CT molecular complexity index is 149. The molecule has 0 atom stereocenters. The van der Waals surface area contributed by atoms with Crippen LogP contribution in [0.5, 0.6) is 0 Å². The van der Waals surface area contributed by atoms with Crippen LogP contribution in [0.3, 0.4) is 0 Å². The number of rotatable bonds is 1. The molecule has 0 N–H and O–H groups in total. The first-order valence-electron chi connectivity index (χ1n) is 5.23. The van der Waals surface area contributed by atoms with E-state index in [1.807, 2.05) is 0 Å². The Labute approximate surface area is 78.4 Å². The molecule has 0 amide bonds. The lowest BCUT2D eigenvalue weighted by molar-refractivity contribution is -0.210. The lowest BCUT2D eigenvalue weighted by Gasteiger charge is -2.33. The SMILES string of the molecule is FC1CCC(C2OCCCO2)CC1. The Morgan fingerprint density at radius 2 is 1.54 bits per heavy atom. The molecule has 1 saturated carbocycles. The fourth-order valence-corrected chi connectivity index (χ4v) is 2.13. The van der Waals surface area contributed by atoms with E-state index >= 15 is 0 Å². The van der Waals surface area contributed by atoms with Crippen LogP contribution in [0, 0.1) is 5.92 Å². The van der Waals surface area contributed by atoms with E-state index in [4.69, 9.17) is 9.47 Å². The molecule has 2 aliphatic rings. The topological polar surface area (TPSA) is 18.5 Å². The minimum absolute atomic E-state index is 0.0405. The first-order chi connectivity index (χ1) is 6.36. The molecular formula is C10H17FO2. The summed E-state index contributed by atoms with van der Waals surface area (Å²) in [4.78, 5) is 0. The van der Waals surface area contributed by atoms with E-state index in [1.54, 1.807) is 0 Å². The van der Waals surface area contributed by atoms with Gasteiger partial charge in [0, 0.05) is 5.92 Å². The first kappa shape index (κ1) is 9.41. The van der Waals surface area contributed by atoms with Crippen molar-refractivity contribution in [3.05, 3.63) is 0 Å². The Morgan fingerprint density at radius 3 is 2.15 bits per heavy atom. The third kappa shape index (κ3) is 2.41. The van der Waals surface area contributed by atoms with E-state index in [9.17, 15) is 4.39 Å². The van der Waals surface area contributed by atoms with E-state index in [1.165, 1.54) is 0 Å². The molecule has 13 heavy (non-hydrogen) atoms. The monoisotopic (exact) mass is 188 g/mol.